The lowest BCUT2D eigenvalue weighted by molar-refractivity contribution is 0.0334. The molecule has 1 rings (SSSR count). The minimum absolute atomic E-state index is 0.368. The molecule has 0 radical (unpaired) electrons. The van der Waals surface area contributed by atoms with E-state index in [0.29, 0.717) is 19.2 Å². The second-order valence-electron chi connectivity index (χ2n) is 5.68. The third kappa shape index (κ3) is 6.72. The van der Waals surface area contributed by atoms with Crippen molar-refractivity contribution in [2.45, 2.75) is 70.9 Å². The number of hydrogen-bond donors (Lipinski definition) is 2. The van der Waals surface area contributed by atoms with Gasteiger partial charge in [-0.15, -0.1) is 0 Å². The molecule has 108 valence electrons. The van der Waals surface area contributed by atoms with Gasteiger partial charge in [-0.2, -0.15) is 0 Å². The summed E-state index contributed by atoms with van der Waals surface area (Å²) in [7, 11) is 0. The molecule has 0 aromatic carbocycles. The van der Waals surface area contributed by atoms with Crippen LogP contribution in [0.15, 0.2) is 0 Å². The molecule has 18 heavy (non-hydrogen) atoms. The van der Waals surface area contributed by atoms with Crippen molar-refractivity contribution < 1.29 is 9.84 Å². The summed E-state index contributed by atoms with van der Waals surface area (Å²) < 4.78 is 5.42. The SMILES string of the molecule is CCCCOCC(O)CNC(C)C1CCCCC1. The van der Waals surface area contributed by atoms with Crippen molar-refractivity contribution in [1.29, 1.82) is 0 Å². The van der Waals surface area contributed by atoms with E-state index >= 15 is 0 Å². The summed E-state index contributed by atoms with van der Waals surface area (Å²) in [5.41, 5.74) is 0. The van der Waals surface area contributed by atoms with Gasteiger partial charge in [-0.3, -0.25) is 0 Å². The summed E-state index contributed by atoms with van der Waals surface area (Å²) in [6.07, 6.45) is 8.70. The van der Waals surface area contributed by atoms with Crippen LogP contribution in [0.2, 0.25) is 0 Å². The molecular weight excluding hydrogens is 226 g/mol. The van der Waals surface area contributed by atoms with E-state index in [9.17, 15) is 5.11 Å². The lowest BCUT2D eigenvalue weighted by atomic mass is 9.84. The van der Waals surface area contributed by atoms with E-state index in [-0.39, 0.29) is 6.10 Å². The first-order chi connectivity index (χ1) is 8.74. The highest BCUT2D eigenvalue weighted by molar-refractivity contribution is 4.76. The lowest BCUT2D eigenvalue weighted by Crippen LogP contribution is -2.40. The first-order valence-electron chi connectivity index (χ1n) is 7.73. The predicted octanol–water partition coefficient (Wildman–Crippen LogP) is 2.72. The van der Waals surface area contributed by atoms with E-state index in [4.69, 9.17) is 4.74 Å². The third-order valence-corrected chi connectivity index (χ3v) is 3.98. The van der Waals surface area contributed by atoms with Gasteiger partial charge in [-0.05, 0) is 32.1 Å². The predicted molar refractivity (Wildman–Crippen MR) is 75.8 cm³/mol. The van der Waals surface area contributed by atoms with Crippen molar-refractivity contribution in [2.24, 2.45) is 5.92 Å². The zero-order valence-electron chi connectivity index (χ0n) is 12.2. The van der Waals surface area contributed by atoms with E-state index in [1.807, 2.05) is 0 Å². The fourth-order valence-electron chi connectivity index (χ4n) is 2.65. The maximum absolute atomic E-state index is 9.81. The topological polar surface area (TPSA) is 41.5 Å². The largest absolute Gasteiger partial charge is 0.389 e. The van der Waals surface area contributed by atoms with Gasteiger partial charge in [0.1, 0.15) is 0 Å². The molecule has 0 heterocycles. The molecule has 0 aromatic heterocycles. The normalized spacial score (nSPS) is 20.8. The summed E-state index contributed by atoms with van der Waals surface area (Å²) in [6.45, 7) is 6.29. The monoisotopic (exact) mass is 257 g/mol. The molecule has 2 N–H and O–H groups in total. The summed E-state index contributed by atoms with van der Waals surface area (Å²) >= 11 is 0. The molecule has 0 aliphatic heterocycles. The molecule has 0 aromatic rings. The van der Waals surface area contributed by atoms with Crippen molar-refractivity contribution in [3.63, 3.8) is 0 Å². The highest BCUT2D eigenvalue weighted by atomic mass is 16.5. The summed E-state index contributed by atoms with van der Waals surface area (Å²) in [4.78, 5) is 0. The highest BCUT2D eigenvalue weighted by Gasteiger charge is 2.20. The van der Waals surface area contributed by atoms with Gasteiger partial charge in [0.15, 0.2) is 0 Å². The molecule has 1 fully saturated rings. The molecule has 0 saturated heterocycles. The quantitative estimate of drug-likeness (QED) is 0.624. The average molecular weight is 257 g/mol. The Labute approximate surface area is 112 Å². The van der Waals surface area contributed by atoms with Crippen molar-refractivity contribution in [2.75, 3.05) is 19.8 Å². The van der Waals surface area contributed by atoms with Gasteiger partial charge < -0.3 is 15.2 Å². The molecule has 0 amide bonds. The van der Waals surface area contributed by atoms with Crippen LogP contribution in [-0.4, -0.2) is 37.0 Å². The van der Waals surface area contributed by atoms with Crippen LogP contribution >= 0.6 is 0 Å². The number of unbranched alkanes of at least 4 members (excludes halogenated alkanes) is 1. The van der Waals surface area contributed by atoms with Crippen LogP contribution in [-0.2, 0) is 4.74 Å². The Balaban J connectivity index is 2.03. The van der Waals surface area contributed by atoms with Crippen LogP contribution in [0.3, 0.4) is 0 Å². The van der Waals surface area contributed by atoms with Crippen LogP contribution in [0.5, 0.6) is 0 Å². The number of hydrogen-bond acceptors (Lipinski definition) is 3. The fraction of sp³-hybridized carbons (Fsp3) is 1.00. The number of aliphatic hydroxyl groups excluding tert-OH is 1. The summed E-state index contributed by atoms with van der Waals surface area (Å²) in [5, 5.41) is 13.3. The Morgan fingerprint density at radius 2 is 2.00 bits per heavy atom. The van der Waals surface area contributed by atoms with E-state index in [1.54, 1.807) is 0 Å². The minimum atomic E-state index is -0.368. The molecule has 2 unspecified atom stereocenters. The van der Waals surface area contributed by atoms with Crippen LogP contribution in [0.4, 0.5) is 0 Å². The van der Waals surface area contributed by atoms with Gasteiger partial charge in [-0.1, -0.05) is 32.6 Å². The van der Waals surface area contributed by atoms with Crippen molar-refractivity contribution in [1.82, 2.24) is 5.32 Å². The number of rotatable bonds is 9. The molecule has 3 heteroatoms. The lowest BCUT2D eigenvalue weighted by Gasteiger charge is -2.29. The Hall–Kier alpha value is -0.120. The summed E-state index contributed by atoms with van der Waals surface area (Å²) in [6, 6.07) is 0.524. The van der Waals surface area contributed by atoms with E-state index in [2.05, 4.69) is 19.2 Å². The zero-order chi connectivity index (χ0) is 13.2. The van der Waals surface area contributed by atoms with Gasteiger partial charge >= 0.3 is 0 Å². The summed E-state index contributed by atoms with van der Waals surface area (Å²) in [5.74, 6) is 0.798. The molecule has 1 saturated carbocycles. The Morgan fingerprint density at radius 3 is 2.67 bits per heavy atom. The van der Waals surface area contributed by atoms with E-state index < -0.39 is 0 Å². The number of ether oxygens (including phenoxy) is 1. The standard InChI is InChI=1S/C15H31NO2/c1-3-4-10-18-12-15(17)11-16-13(2)14-8-6-5-7-9-14/h13-17H,3-12H2,1-2H3. The Bertz CT molecular complexity index is 193. The van der Waals surface area contributed by atoms with Crippen LogP contribution < -0.4 is 5.32 Å². The minimum Gasteiger partial charge on any atom is -0.389 e. The van der Waals surface area contributed by atoms with Crippen LogP contribution in [0.1, 0.15) is 58.8 Å². The average Bonchev–Trinajstić information content (AvgIpc) is 2.42. The van der Waals surface area contributed by atoms with Crippen molar-refractivity contribution in [3.8, 4) is 0 Å². The van der Waals surface area contributed by atoms with E-state index in [0.717, 1.165) is 25.4 Å². The van der Waals surface area contributed by atoms with Gasteiger partial charge in [0, 0.05) is 19.2 Å². The molecule has 1 aliphatic rings. The molecular formula is C15H31NO2. The van der Waals surface area contributed by atoms with Gasteiger partial charge in [0.2, 0.25) is 0 Å². The van der Waals surface area contributed by atoms with Crippen LogP contribution in [0.25, 0.3) is 0 Å². The fourth-order valence-corrected chi connectivity index (χ4v) is 2.65. The Morgan fingerprint density at radius 1 is 1.28 bits per heavy atom. The van der Waals surface area contributed by atoms with Gasteiger partial charge in [0.05, 0.1) is 12.7 Å². The second kappa shape index (κ2) is 9.76. The third-order valence-electron chi connectivity index (χ3n) is 3.98. The molecule has 0 bridgehead atoms. The number of aliphatic hydroxyl groups is 1. The molecule has 0 spiro atoms. The highest BCUT2D eigenvalue weighted by Crippen LogP contribution is 2.26. The molecule has 1 aliphatic carbocycles. The smallest absolute Gasteiger partial charge is 0.0897 e. The second-order valence-corrected chi connectivity index (χ2v) is 5.68. The van der Waals surface area contributed by atoms with Crippen molar-refractivity contribution in [3.05, 3.63) is 0 Å². The van der Waals surface area contributed by atoms with Crippen LogP contribution in [0, 0.1) is 5.92 Å². The maximum Gasteiger partial charge on any atom is 0.0897 e. The molecule has 2 atom stereocenters. The first-order valence-corrected chi connectivity index (χ1v) is 7.73. The first kappa shape index (κ1) is 15.9. The maximum atomic E-state index is 9.81. The van der Waals surface area contributed by atoms with E-state index in [1.165, 1.54) is 32.1 Å². The number of nitrogens with one attached hydrogen (secondary N) is 1. The van der Waals surface area contributed by atoms with Gasteiger partial charge in [0.25, 0.3) is 0 Å². The van der Waals surface area contributed by atoms with Crippen molar-refractivity contribution >= 4 is 0 Å². The Kier molecular flexibility index (Phi) is 8.64. The zero-order valence-corrected chi connectivity index (χ0v) is 12.2. The molecule has 3 nitrogen and oxygen atoms in total. The van der Waals surface area contributed by atoms with Gasteiger partial charge in [-0.25, -0.2) is 0 Å².